The zero-order valence-electron chi connectivity index (χ0n) is 7.60. The first-order chi connectivity index (χ1) is 6.47. The second-order valence-electron chi connectivity index (χ2n) is 2.92. The highest BCUT2D eigenvalue weighted by molar-refractivity contribution is 7.45. The fraction of sp³-hybridized carbons (Fsp3) is 0.714. The first-order valence-electron chi connectivity index (χ1n) is 4.11. The Morgan fingerprint density at radius 1 is 1.43 bits per heavy atom. The van der Waals surface area contributed by atoms with Crippen LogP contribution < -0.4 is 5.73 Å². The van der Waals surface area contributed by atoms with Crippen LogP contribution in [-0.2, 0) is 14.2 Å². The number of hydrogen-bond donors (Lipinski definition) is 3. The van der Waals surface area contributed by atoms with Crippen LogP contribution in [0.15, 0.2) is 0 Å². The van der Waals surface area contributed by atoms with Crippen molar-refractivity contribution in [3.8, 4) is 0 Å². The number of carboxylic acid groups (broad SMARTS) is 1. The van der Waals surface area contributed by atoms with Gasteiger partial charge in [-0.3, -0.25) is 9.59 Å². The molecule has 0 aromatic carbocycles. The maximum atomic E-state index is 11.2. The van der Waals surface area contributed by atoms with Gasteiger partial charge in [-0.15, -0.1) is 0 Å². The van der Waals surface area contributed by atoms with Gasteiger partial charge in [0.1, 0.15) is 7.80 Å². The first kappa shape index (κ1) is 13.1. The van der Waals surface area contributed by atoms with Gasteiger partial charge in [-0.2, -0.15) is 0 Å². The average molecular weight is 223 g/mol. The first-order valence-corrected chi connectivity index (χ1v) is 5.80. The minimum atomic E-state index is -2.32. The van der Waals surface area contributed by atoms with E-state index in [9.17, 15) is 14.2 Å². The number of carbonyl (C=O) groups excluding carboxylic acids is 1. The van der Waals surface area contributed by atoms with E-state index in [0.29, 0.717) is 0 Å². The third-order valence-corrected chi connectivity index (χ3v) is 3.48. The molecule has 6 nitrogen and oxygen atoms in total. The molecule has 0 aliphatic rings. The number of nitrogens with two attached hydrogens (primary N) is 1. The number of aliphatic hydroxyl groups is 1. The number of rotatable bonds is 7. The van der Waals surface area contributed by atoms with Gasteiger partial charge in [0.25, 0.3) is 0 Å². The maximum Gasteiger partial charge on any atom is 0.303 e. The van der Waals surface area contributed by atoms with Crippen LogP contribution in [0.25, 0.3) is 0 Å². The monoisotopic (exact) mass is 223 g/mol. The minimum Gasteiger partial charge on any atom is -0.481 e. The molecule has 0 rings (SSSR count). The fourth-order valence-electron chi connectivity index (χ4n) is 1.05. The van der Waals surface area contributed by atoms with Crippen LogP contribution in [0.5, 0.6) is 0 Å². The van der Waals surface area contributed by atoms with Crippen molar-refractivity contribution in [3.63, 3.8) is 0 Å². The van der Waals surface area contributed by atoms with Crippen LogP contribution in [0.1, 0.15) is 19.3 Å². The lowest BCUT2D eigenvalue weighted by atomic mass is 10.2. The number of amides is 1. The summed E-state index contributed by atoms with van der Waals surface area (Å²) in [4.78, 5) is 20.8. The SMILES string of the molecule is NC(=O)CC(CCC(=O)O)[PH](=O)CO. The molecule has 2 unspecified atom stereocenters. The van der Waals surface area contributed by atoms with E-state index in [1.807, 2.05) is 0 Å². The predicted molar refractivity (Wildman–Crippen MR) is 50.6 cm³/mol. The molecule has 1 amide bonds. The molecule has 0 saturated heterocycles. The molecule has 0 spiro atoms. The van der Waals surface area contributed by atoms with Crippen molar-refractivity contribution in [1.82, 2.24) is 0 Å². The number of carbonyl (C=O) groups is 2. The Balaban J connectivity index is 4.17. The van der Waals surface area contributed by atoms with Crippen molar-refractivity contribution in [2.24, 2.45) is 5.73 Å². The summed E-state index contributed by atoms with van der Waals surface area (Å²) < 4.78 is 11.2. The zero-order valence-corrected chi connectivity index (χ0v) is 8.60. The van der Waals surface area contributed by atoms with Gasteiger partial charge in [0, 0.05) is 18.5 Å². The van der Waals surface area contributed by atoms with Crippen molar-refractivity contribution in [1.29, 1.82) is 0 Å². The predicted octanol–water partition coefficient (Wildman–Crippen LogP) is -0.395. The quantitative estimate of drug-likeness (QED) is 0.508. The fourth-order valence-corrected chi connectivity index (χ4v) is 2.20. The molecule has 0 bridgehead atoms. The molecule has 82 valence electrons. The van der Waals surface area contributed by atoms with E-state index in [2.05, 4.69) is 0 Å². The molecule has 0 radical (unpaired) electrons. The molecule has 4 N–H and O–H groups in total. The van der Waals surface area contributed by atoms with E-state index in [0.717, 1.165) is 0 Å². The summed E-state index contributed by atoms with van der Waals surface area (Å²) in [5, 5.41) is 17.0. The topological polar surface area (TPSA) is 118 Å². The highest BCUT2D eigenvalue weighted by Gasteiger charge is 2.19. The number of carboxylic acids is 1. The van der Waals surface area contributed by atoms with Crippen molar-refractivity contribution < 1.29 is 24.4 Å². The van der Waals surface area contributed by atoms with Crippen LogP contribution >= 0.6 is 7.80 Å². The largest absolute Gasteiger partial charge is 0.481 e. The smallest absolute Gasteiger partial charge is 0.303 e. The van der Waals surface area contributed by atoms with E-state index in [4.69, 9.17) is 15.9 Å². The van der Waals surface area contributed by atoms with Gasteiger partial charge in [0.15, 0.2) is 0 Å². The molecule has 14 heavy (non-hydrogen) atoms. The van der Waals surface area contributed by atoms with Gasteiger partial charge in [-0.05, 0) is 6.42 Å². The standard InChI is InChI=1S/C7H14NO5P/c8-6(10)3-5(14(13)4-9)1-2-7(11)12/h5,9,14H,1-4H2,(H2,8,10)(H,11,12). The van der Waals surface area contributed by atoms with Crippen LogP contribution in [-0.4, -0.2) is 34.1 Å². The third kappa shape index (κ3) is 5.72. The van der Waals surface area contributed by atoms with Crippen molar-refractivity contribution in [3.05, 3.63) is 0 Å². The summed E-state index contributed by atoms with van der Waals surface area (Å²) in [6.45, 7) is 0. The number of aliphatic hydroxyl groups excluding tert-OH is 1. The molecule has 0 saturated carbocycles. The van der Waals surface area contributed by atoms with Crippen LogP contribution in [0.2, 0.25) is 0 Å². The van der Waals surface area contributed by atoms with Crippen molar-refractivity contribution >= 4 is 19.7 Å². The molecule has 0 heterocycles. The number of hydrogen-bond acceptors (Lipinski definition) is 4. The normalized spacial score (nSPS) is 14.6. The Labute approximate surface area is 81.9 Å². The van der Waals surface area contributed by atoms with E-state index >= 15 is 0 Å². The summed E-state index contributed by atoms with van der Waals surface area (Å²) in [6, 6.07) is 0. The van der Waals surface area contributed by atoms with Gasteiger partial charge in [-0.1, -0.05) is 0 Å². The molecule has 0 aliphatic carbocycles. The Morgan fingerprint density at radius 3 is 2.36 bits per heavy atom. The Morgan fingerprint density at radius 2 is 2.00 bits per heavy atom. The van der Waals surface area contributed by atoms with Crippen molar-refractivity contribution in [2.75, 3.05) is 6.35 Å². The third-order valence-electron chi connectivity index (χ3n) is 1.77. The van der Waals surface area contributed by atoms with Crippen LogP contribution in [0.3, 0.4) is 0 Å². The lowest BCUT2D eigenvalue weighted by Crippen LogP contribution is -2.19. The summed E-state index contributed by atoms with van der Waals surface area (Å²) in [5.41, 5.74) is 4.30. The van der Waals surface area contributed by atoms with Gasteiger partial charge < -0.3 is 20.5 Å². The van der Waals surface area contributed by atoms with Gasteiger partial charge in [0.2, 0.25) is 5.91 Å². The highest BCUT2D eigenvalue weighted by atomic mass is 31.1. The number of aliphatic carboxylic acids is 1. The van der Waals surface area contributed by atoms with Crippen LogP contribution in [0.4, 0.5) is 0 Å². The second-order valence-corrected chi connectivity index (χ2v) is 4.99. The molecular weight excluding hydrogens is 209 g/mol. The zero-order chi connectivity index (χ0) is 11.1. The Hall–Kier alpha value is -0.870. The lowest BCUT2D eigenvalue weighted by Gasteiger charge is -2.11. The average Bonchev–Trinajstić information content (AvgIpc) is 2.10. The summed E-state index contributed by atoms with van der Waals surface area (Å²) in [7, 11) is -2.32. The molecule has 2 atom stereocenters. The summed E-state index contributed by atoms with van der Waals surface area (Å²) in [5.74, 6) is -1.65. The molecule has 7 heteroatoms. The van der Waals surface area contributed by atoms with E-state index in [1.165, 1.54) is 0 Å². The van der Waals surface area contributed by atoms with Gasteiger partial charge >= 0.3 is 5.97 Å². The van der Waals surface area contributed by atoms with Gasteiger partial charge in [-0.25, -0.2) is 0 Å². The Kier molecular flexibility index (Phi) is 6.16. The molecule has 0 aromatic heterocycles. The van der Waals surface area contributed by atoms with Gasteiger partial charge in [0.05, 0.1) is 6.35 Å². The lowest BCUT2D eigenvalue weighted by molar-refractivity contribution is -0.137. The molecular formula is C7H14NO5P. The maximum absolute atomic E-state index is 11.2. The molecule has 0 aliphatic heterocycles. The highest BCUT2D eigenvalue weighted by Crippen LogP contribution is 2.32. The second kappa shape index (κ2) is 6.56. The molecule has 0 fully saturated rings. The van der Waals surface area contributed by atoms with Crippen LogP contribution in [0, 0.1) is 0 Å². The minimum absolute atomic E-state index is 0.108. The van der Waals surface area contributed by atoms with E-state index in [1.54, 1.807) is 0 Å². The van der Waals surface area contributed by atoms with E-state index in [-0.39, 0.29) is 19.3 Å². The Bertz CT molecular complexity index is 242. The molecule has 0 aromatic rings. The van der Waals surface area contributed by atoms with Crippen molar-refractivity contribution in [2.45, 2.75) is 24.9 Å². The summed E-state index contributed by atoms with van der Waals surface area (Å²) >= 11 is 0. The van der Waals surface area contributed by atoms with E-state index < -0.39 is 31.7 Å². The summed E-state index contributed by atoms with van der Waals surface area (Å²) in [6.07, 6.45) is -0.709. The number of primary amides is 1.